The van der Waals surface area contributed by atoms with Gasteiger partial charge in [0.05, 0.1) is 7.11 Å². The van der Waals surface area contributed by atoms with Crippen molar-refractivity contribution in [2.75, 3.05) is 32.2 Å². The van der Waals surface area contributed by atoms with Crippen LogP contribution in [0.3, 0.4) is 0 Å². The lowest BCUT2D eigenvalue weighted by Gasteiger charge is -2.16. The number of H-pyrrole nitrogens is 1. The van der Waals surface area contributed by atoms with Crippen molar-refractivity contribution in [2.24, 2.45) is 0 Å². The second kappa shape index (κ2) is 8.48. The van der Waals surface area contributed by atoms with Gasteiger partial charge in [0.25, 0.3) is 0 Å². The maximum atomic E-state index is 13.4. The van der Waals surface area contributed by atoms with Crippen LogP contribution in [0.4, 0.5) is 10.2 Å². The normalized spacial score (nSPS) is 16.8. The molecule has 3 N–H and O–H groups in total. The maximum Gasteiger partial charge on any atom is 0.239 e. The van der Waals surface area contributed by atoms with Crippen molar-refractivity contribution >= 4 is 22.6 Å². The number of carbonyl (C=O) groups is 1. The summed E-state index contributed by atoms with van der Waals surface area (Å²) in [7, 11) is 1.54. The molecule has 0 spiro atoms. The molecule has 1 amide bonds. The Morgan fingerprint density at radius 2 is 2.28 bits per heavy atom. The van der Waals surface area contributed by atoms with Crippen LogP contribution in [0.25, 0.3) is 10.9 Å². The van der Waals surface area contributed by atoms with Crippen LogP contribution in [0, 0.1) is 5.82 Å². The molecule has 1 saturated heterocycles. The monoisotopic (exact) mass is 397 g/mol. The number of hydrogen-bond acceptors (Lipinski definition) is 5. The van der Waals surface area contributed by atoms with Gasteiger partial charge in [0.2, 0.25) is 11.8 Å². The number of carbonyl (C=O) groups excluding carboxylic acids is 1. The molecule has 1 aliphatic rings. The van der Waals surface area contributed by atoms with Crippen molar-refractivity contribution in [3.8, 4) is 5.88 Å². The molecule has 4 rings (SSSR count). The number of fused-ring (bicyclic) bond motifs is 1. The molecule has 1 atom stereocenters. The number of halogens is 1. The summed E-state index contributed by atoms with van der Waals surface area (Å²) in [5.41, 5.74) is 7.52. The van der Waals surface area contributed by atoms with Crippen molar-refractivity contribution in [1.29, 1.82) is 0 Å². The molecule has 1 aliphatic heterocycles. The van der Waals surface area contributed by atoms with Gasteiger partial charge in [0, 0.05) is 42.7 Å². The van der Waals surface area contributed by atoms with Gasteiger partial charge in [0.1, 0.15) is 11.6 Å². The first-order chi connectivity index (χ1) is 14.1. The zero-order valence-corrected chi connectivity index (χ0v) is 16.2. The molecule has 1 aromatic carbocycles. The maximum absolute atomic E-state index is 13.4. The van der Waals surface area contributed by atoms with E-state index in [1.807, 2.05) is 12.3 Å². The van der Waals surface area contributed by atoms with Crippen LogP contribution in [-0.4, -0.2) is 47.5 Å². The Morgan fingerprint density at radius 3 is 3.14 bits per heavy atom. The summed E-state index contributed by atoms with van der Waals surface area (Å²) < 4.78 is 18.4. The molecule has 3 aromatic rings. The lowest BCUT2D eigenvalue weighted by molar-refractivity contribution is -0.120. The number of pyridine rings is 1. The molecule has 1 unspecified atom stereocenters. The minimum atomic E-state index is -0.234. The van der Waals surface area contributed by atoms with Crippen LogP contribution in [0.5, 0.6) is 5.88 Å². The molecular formula is C21H24FN5O2. The van der Waals surface area contributed by atoms with Crippen LogP contribution in [0.15, 0.2) is 42.6 Å². The number of nitrogens with one attached hydrogen (secondary N) is 3. The number of hydrogen-bond donors (Lipinski definition) is 3. The van der Waals surface area contributed by atoms with Gasteiger partial charge >= 0.3 is 0 Å². The van der Waals surface area contributed by atoms with E-state index in [1.165, 1.54) is 17.7 Å². The zero-order valence-electron chi connectivity index (χ0n) is 16.2. The Hall–Kier alpha value is -3.13. The van der Waals surface area contributed by atoms with Crippen LogP contribution in [-0.2, 0) is 4.79 Å². The van der Waals surface area contributed by atoms with Crippen molar-refractivity contribution in [3.63, 3.8) is 0 Å². The average Bonchev–Trinajstić information content (AvgIpc) is 3.37. The molecule has 0 saturated carbocycles. The molecule has 152 valence electrons. The number of benzene rings is 1. The second-order valence-corrected chi connectivity index (χ2v) is 7.21. The number of likely N-dealkylation sites (tertiary alicyclic amines) is 1. The van der Waals surface area contributed by atoms with Crippen molar-refractivity contribution < 1.29 is 13.9 Å². The van der Waals surface area contributed by atoms with Crippen LogP contribution in [0.1, 0.15) is 24.3 Å². The van der Waals surface area contributed by atoms with Crippen molar-refractivity contribution in [3.05, 3.63) is 54.0 Å². The quantitative estimate of drug-likeness (QED) is 0.534. The fraction of sp³-hybridized carbons (Fsp3) is 0.333. The topological polar surface area (TPSA) is 82.3 Å². The van der Waals surface area contributed by atoms with Gasteiger partial charge in [-0.1, -0.05) is 6.07 Å². The van der Waals surface area contributed by atoms with Crippen LogP contribution in [0.2, 0.25) is 0 Å². The SMILES string of the molecule is COc1cccc(NNC(=O)CCN2CCC(c3c[nH]c4cc(F)ccc34)C2)n1. The van der Waals surface area contributed by atoms with Gasteiger partial charge in [-0.25, -0.2) is 4.39 Å². The van der Waals surface area contributed by atoms with E-state index in [-0.39, 0.29) is 11.7 Å². The van der Waals surface area contributed by atoms with E-state index < -0.39 is 0 Å². The highest BCUT2D eigenvalue weighted by atomic mass is 19.1. The summed E-state index contributed by atoms with van der Waals surface area (Å²) in [6.07, 6.45) is 3.40. The lowest BCUT2D eigenvalue weighted by atomic mass is 9.98. The first-order valence-corrected chi connectivity index (χ1v) is 9.67. The van der Waals surface area contributed by atoms with E-state index in [0.29, 0.717) is 30.6 Å². The summed E-state index contributed by atoms with van der Waals surface area (Å²) in [5.74, 6) is 1.06. The lowest BCUT2D eigenvalue weighted by Crippen LogP contribution is -2.33. The van der Waals surface area contributed by atoms with E-state index in [1.54, 1.807) is 25.3 Å². The Labute approximate surface area is 168 Å². The summed E-state index contributed by atoms with van der Waals surface area (Å²) in [6.45, 7) is 2.52. The molecular weight excluding hydrogens is 373 g/mol. The second-order valence-electron chi connectivity index (χ2n) is 7.21. The number of methoxy groups -OCH3 is 1. The first kappa shape index (κ1) is 19.2. The first-order valence-electron chi connectivity index (χ1n) is 9.67. The number of hydrazine groups is 1. The van der Waals surface area contributed by atoms with E-state index in [0.717, 1.165) is 30.4 Å². The van der Waals surface area contributed by atoms with E-state index >= 15 is 0 Å². The zero-order chi connectivity index (χ0) is 20.2. The predicted octanol–water partition coefficient (Wildman–Crippen LogP) is 3.03. The highest BCUT2D eigenvalue weighted by molar-refractivity contribution is 5.83. The number of amides is 1. The molecule has 7 nitrogen and oxygen atoms in total. The molecule has 2 aromatic heterocycles. The number of nitrogens with zero attached hydrogens (tertiary/aromatic N) is 2. The fourth-order valence-electron chi connectivity index (χ4n) is 3.80. The average molecular weight is 397 g/mol. The molecule has 1 fully saturated rings. The fourth-order valence-corrected chi connectivity index (χ4v) is 3.80. The number of aromatic nitrogens is 2. The van der Waals surface area contributed by atoms with Gasteiger partial charge in [-0.15, -0.1) is 0 Å². The Balaban J connectivity index is 1.26. The molecule has 8 heteroatoms. The summed E-state index contributed by atoms with van der Waals surface area (Å²) in [4.78, 5) is 21.8. The minimum absolute atomic E-state index is 0.0966. The van der Waals surface area contributed by atoms with Crippen LogP contribution < -0.4 is 15.6 Å². The van der Waals surface area contributed by atoms with Gasteiger partial charge in [-0.2, -0.15) is 4.98 Å². The van der Waals surface area contributed by atoms with Gasteiger partial charge in [0.15, 0.2) is 0 Å². The number of rotatable bonds is 7. The highest BCUT2D eigenvalue weighted by Crippen LogP contribution is 2.32. The van der Waals surface area contributed by atoms with Crippen molar-refractivity contribution in [2.45, 2.75) is 18.8 Å². The molecule has 0 aliphatic carbocycles. The predicted molar refractivity (Wildman–Crippen MR) is 109 cm³/mol. The standard InChI is InChI=1S/C21H24FN5O2/c1-29-21-4-2-3-19(24-21)25-26-20(28)8-10-27-9-7-14(13-27)17-12-23-18-11-15(22)5-6-16(17)18/h2-6,11-12,14,23H,7-10,13H2,1H3,(H,24,25)(H,26,28). The minimum Gasteiger partial charge on any atom is -0.481 e. The van der Waals surface area contributed by atoms with E-state index in [2.05, 4.69) is 25.7 Å². The third-order valence-electron chi connectivity index (χ3n) is 5.31. The Morgan fingerprint density at radius 1 is 1.38 bits per heavy atom. The van der Waals surface area contributed by atoms with Gasteiger partial charge in [-0.05, 0) is 48.7 Å². The highest BCUT2D eigenvalue weighted by Gasteiger charge is 2.26. The smallest absolute Gasteiger partial charge is 0.239 e. The third kappa shape index (κ3) is 4.48. The van der Waals surface area contributed by atoms with E-state index in [9.17, 15) is 9.18 Å². The Bertz CT molecular complexity index is 1010. The van der Waals surface area contributed by atoms with Crippen LogP contribution >= 0.6 is 0 Å². The van der Waals surface area contributed by atoms with Gasteiger partial charge in [-0.3, -0.25) is 15.6 Å². The molecule has 29 heavy (non-hydrogen) atoms. The summed E-state index contributed by atoms with van der Waals surface area (Å²) in [5, 5.41) is 1.07. The Kier molecular flexibility index (Phi) is 5.62. The van der Waals surface area contributed by atoms with Crippen molar-refractivity contribution in [1.82, 2.24) is 20.3 Å². The summed E-state index contributed by atoms with van der Waals surface area (Å²) >= 11 is 0. The third-order valence-corrected chi connectivity index (χ3v) is 5.31. The number of anilines is 1. The van der Waals surface area contributed by atoms with Gasteiger partial charge < -0.3 is 14.6 Å². The summed E-state index contributed by atoms with van der Waals surface area (Å²) in [6, 6.07) is 10.2. The number of aromatic amines is 1. The van der Waals surface area contributed by atoms with E-state index in [4.69, 9.17) is 4.74 Å². The molecule has 0 bridgehead atoms. The molecule has 0 radical (unpaired) electrons. The number of ether oxygens (including phenoxy) is 1. The largest absolute Gasteiger partial charge is 0.481 e. The molecule has 3 heterocycles.